The summed E-state index contributed by atoms with van der Waals surface area (Å²) in [4.78, 5) is 4.50. The molecule has 4 heteroatoms. The molecular formula is C17H20BrFN2. The minimum absolute atomic E-state index is 0.0574. The molecule has 0 aliphatic rings. The van der Waals surface area contributed by atoms with E-state index in [4.69, 9.17) is 0 Å². The number of aryl methyl sites for hydroxylation is 1. The van der Waals surface area contributed by atoms with E-state index < -0.39 is 0 Å². The number of pyridine rings is 1. The van der Waals surface area contributed by atoms with Crippen molar-refractivity contribution in [2.45, 2.75) is 32.7 Å². The first-order valence-electron chi connectivity index (χ1n) is 7.25. The summed E-state index contributed by atoms with van der Waals surface area (Å²) in [5.74, 6) is -0.225. The zero-order valence-corrected chi connectivity index (χ0v) is 14.0. The summed E-state index contributed by atoms with van der Waals surface area (Å²) in [6.45, 7) is 4.99. The Hall–Kier alpha value is -1.26. The molecule has 2 nitrogen and oxygen atoms in total. The van der Waals surface area contributed by atoms with Crippen molar-refractivity contribution in [2.75, 3.05) is 6.54 Å². The second-order valence-electron chi connectivity index (χ2n) is 5.03. The molecule has 0 amide bonds. The molecule has 0 saturated carbocycles. The molecule has 112 valence electrons. The Morgan fingerprint density at radius 3 is 2.62 bits per heavy atom. The fourth-order valence-corrected chi connectivity index (χ4v) is 2.81. The quantitative estimate of drug-likeness (QED) is 0.832. The van der Waals surface area contributed by atoms with Crippen LogP contribution in [0.15, 0.2) is 41.0 Å². The van der Waals surface area contributed by atoms with Crippen LogP contribution in [0.3, 0.4) is 0 Å². The lowest BCUT2D eigenvalue weighted by molar-refractivity contribution is 0.537. The van der Waals surface area contributed by atoms with E-state index >= 15 is 0 Å². The van der Waals surface area contributed by atoms with Gasteiger partial charge in [-0.2, -0.15) is 0 Å². The first-order chi connectivity index (χ1) is 10.1. The number of likely N-dealkylation sites (N-methyl/N-ethyl adjacent to an activating group) is 1. The van der Waals surface area contributed by atoms with Gasteiger partial charge in [0.05, 0.1) is 0 Å². The van der Waals surface area contributed by atoms with E-state index in [0.29, 0.717) is 0 Å². The maximum atomic E-state index is 13.6. The second-order valence-corrected chi connectivity index (χ2v) is 5.94. The van der Waals surface area contributed by atoms with Gasteiger partial charge in [-0.25, -0.2) is 4.39 Å². The predicted octanol–water partition coefficient (Wildman–Crippen LogP) is 4.44. The van der Waals surface area contributed by atoms with Gasteiger partial charge in [0.2, 0.25) is 0 Å². The highest BCUT2D eigenvalue weighted by molar-refractivity contribution is 9.10. The van der Waals surface area contributed by atoms with Gasteiger partial charge < -0.3 is 5.32 Å². The van der Waals surface area contributed by atoms with Crippen molar-refractivity contribution in [3.05, 3.63) is 63.6 Å². The summed E-state index contributed by atoms with van der Waals surface area (Å²) in [7, 11) is 0. The van der Waals surface area contributed by atoms with Crippen molar-refractivity contribution < 1.29 is 4.39 Å². The number of nitrogens with zero attached hydrogens (tertiary/aromatic N) is 1. The third-order valence-electron chi connectivity index (χ3n) is 3.45. The summed E-state index contributed by atoms with van der Waals surface area (Å²) in [5.41, 5.74) is 3.18. The Kier molecular flexibility index (Phi) is 5.88. The lowest BCUT2D eigenvalue weighted by atomic mass is 10.0. The zero-order valence-electron chi connectivity index (χ0n) is 12.4. The Bertz CT molecular complexity index is 564. The smallest absolute Gasteiger partial charge is 0.124 e. The van der Waals surface area contributed by atoms with Crippen LogP contribution in [0.1, 0.15) is 36.7 Å². The first-order valence-corrected chi connectivity index (χ1v) is 8.04. The van der Waals surface area contributed by atoms with Crippen molar-refractivity contribution in [2.24, 2.45) is 0 Å². The van der Waals surface area contributed by atoms with Crippen molar-refractivity contribution in [1.29, 1.82) is 0 Å². The number of aromatic nitrogens is 1. The van der Waals surface area contributed by atoms with Crippen molar-refractivity contribution in [3.8, 4) is 0 Å². The highest BCUT2D eigenvalue weighted by Crippen LogP contribution is 2.23. The molecule has 0 radical (unpaired) electrons. The molecule has 1 atom stereocenters. The van der Waals surface area contributed by atoms with Crippen molar-refractivity contribution in [1.82, 2.24) is 10.3 Å². The molecule has 1 aromatic heterocycles. The number of benzene rings is 1. The zero-order chi connectivity index (χ0) is 15.2. The number of nitrogens with one attached hydrogen (secondary N) is 1. The lowest BCUT2D eigenvalue weighted by Gasteiger charge is -2.18. The van der Waals surface area contributed by atoms with Crippen LogP contribution >= 0.6 is 15.9 Å². The summed E-state index contributed by atoms with van der Waals surface area (Å²) in [6.07, 6.45) is 3.65. The van der Waals surface area contributed by atoms with E-state index in [1.807, 2.05) is 12.3 Å². The molecule has 0 aliphatic heterocycles. The largest absolute Gasteiger partial charge is 0.310 e. The van der Waals surface area contributed by atoms with Gasteiger partial charge in [0.1, 0.15) is 5.82 Å². The molecule has 0 fully saturated rings. The summed E-state index contributed by atoms with van der Waals surface area (Å²) < 4.78 is 14.4. The average Bonchev–Trinajstić information content (AvgIpc) is 2.46. The Morgan fingerprint density at radius 1 is 1.24 bits per heavy atom. The van der Waals surface area contributed by atoms with Gasteiger partial charge in [-0.3, -0.25) is 4.98 Å². The molecule has 1 aromatic carbocycles. The standard InChI is InChI=1S/C17H20BrFN2/c1-3-12-5-6-16(21-11-12)10-17(20-4-2)13-7-14(18)9-15(19)8-13/h5-9,11,17,20H,3-4,10H2,1-2H3. The number of hydrogen-bond acceptors (Lipinski definition) is 2. The molecule has 0 saturated heterocycles. The maximum Gasteiger partial charge on any atom is 0.124 e. The van der Waals surface area contributed by atoms with Crippen molar-refractivity contribution >= 4 is 15.9 Å². The topological polar surface area (TPSA) is 24.9 Å². The number of rotatable bonds is 6. The highest BCUT2D eigenvalue weighted by atomic mass is 79.9. The van der Waals surface area contributed by atoms with Crippen LogP contribution in [-0.4, -0.2) is 11.5 Å². The van der Waals surface area contributed by atoms with E-state index in [9.17, 15) is 4.39 Å². The van der Waals surface area contributed by atoms with E-state index in [-0.39, 0.29) is 11.9 Å². The monoisotopic (exact) mass is 350 g/mol. The summed E-state index contributed by atoms with van der Waals surface area (Å²) in [5, 5.41) is 3.40. The molecule has 0 bridgehead atoms. The fourth-order valence-electron chi connectivity index (χ4n) is 2.32. The second kappa shape index (κ2) is 7.66. The first kappa shape index (κ1) is 16.1. The van der Waals surface area contributed by atoms with Crippen LogP contribution in [0, 0.1) is 5.82 Å². The van der Waals surface area contributed by atoms with E-state index in [2.05, 4.69) is 52.2 Å². The SMILES string of the molecule is CCNC(Cc1ccc(CC)cn1)c1cc(F)cc(Br)c1. The maximum absolute atomic E-state index is 13.6. The van der Waals surface area contributed by atoms with Crippen LogP contribution < -0.4 is 5.32 Å². The van der Waals surface area contributed by atoms with Crippen LogP contribution in [0.5, 0.6) is 0 Å². The van der Waals surface area contributed by atoms with Gasteiger partial charge in [0.15, 0.2) is 0 Å². The van der Waals surface area contributed by atoms with E-state index in [1.54, 1.807) is 6.07 Å². The normalized spacial score (nSPS) is 12.4. The molecule has 0 aliphatic carbocycles. The fraction of sp³-hybridized carbons (Fsp3) is 0.353. The molecule has 2 rings (SSSR count). The molecule has 1 heterocycles. The van der Waals surface area contributed by atoms with E-state index in [1.165, 1.54) is 11.6 Å². The Morgan fingerprint density at radius 2 is 2.05 bits per heavy atom. The average molecular weight is 351 g/mol. The predicted molar refractivity (Wildman–Crippen MR) is 87.8 cm³/mol. The van der Waals surface area contributed by atoms with E-state index in [0.717, 1.165) is 35.1 Å². The van der Waals surface area contributed by atoms with Gasteiger partial charge in [-0.15, -0.1) is 0 Å². The molecule has 0 spiro atoms. The summed E-state index contributed by atoms with van der Waals surface area (Å²) >= 11 is 3.35. The van der Waals surface area contributed by atoms with Gasteiger partial charge in [-0.05, 0) is 48.4 Å². The summed E-state index contributed by atoms with van der Waals surface area (Å²) in [6, 6.07) is 9.22. The molecule has 2 aromatic rings. The van der Waals surface area contributed by atoms with Crippen molar-refractivity contribution in [3.63, 3.8) is 0 Å². The lowest BCUT2D eigenvalue weighted by Crippen LogP contribution is -2.23. The van der Waals surface area contributed by atoms with Crippen LogP contribution in [-0.2, 0) is 12.8 Å². The third kappa shape index (κ3) is 4.61. The molecule has 1 N–H and O–H groups in total. The minimum Gasteiger partial charge on any atom is -0.310 e. The van der Waals surface area contributed by atoms with Crippen LogP contribution in [0.4, 0.5) is 4.39 Å². The Labute approximate surface area is 133 Å². The highest BCUT2D eigenvalue weighted by Gasteiger charge is 2.13. The number of halogens is 2. The van der Waals surface area contributed by atoms with Gasteiger partial charge >= 0.3 is 0 Å². The molecular weight excluding hydrogens is 331 g/mol. The van der Waals surface area contributed by atoms with Gasteiger partial charge in [0, 0.05) is 28.8 Å². The van der Waals surface area contributed by atoms with Gasteiger partial charge in [-0.1, -0.05) is 35.8 Å². The molecule has 21 heavy (non-hydrogen) atoms. The third-order valence-corrected chi connectivity index (χ3v) is 3.90. The molecule has 1 unspecified atom stereocenters. The number of hydrogen-bond donors (Lipinski definition) is 1. The Balaban J connectivity index is 2.21. The van der Waals surface area contributed by atoms with Crippen LogP contribution in [0.2, 0.25) is 0 Å². The van der Waals surface area contributed by atoms with Crippen LogP contribution in [0.25, 0.3) is 0 Å². The van der Waals surface area contributed by atoms with Gasteiger partial charge in [0.25, 0.3) is 0 Å². The minimum atomic E-state index is -0.225.